The highest BCUT2D eigenvalue weighted by atomic mass is 16.2. The topological polar surface area (TPSA) is 197 Å². The van der Waals surface area contributed by atoms with E-state index in [1.54, 1.807) is 13.8 Å². The van der Waals surface area contributed by atoms with Gasteiger partial charge < -0.3 is 31.9 Å². The van der Waals surface area contributed by atoms with E-state index in [1.165, 1.54) is 11.8 Å². The lowest BCUT2D eigenvalue weighted by molar-refractivity contribution is -0.147. The number of likely N-dealkylation sites (tertiary alicyclic amines) is 1. The second kappa shape index (κ2) is 14.9. The Kier molecular flexibility index (Phi) is 11.6. The normalized spacial score (nSPS) is 22.7. The van der Waals surface area contributed by atoms with Crippen LogP contribution in [0.5, 0.6) is 0 Å². The minimum atomic E-state index is -1.23. The van der Waals surface area contributed by atoms with Crippen molar-refractivity contribution in [3.8, 4) is 0 Å². The molecule has 13 nitrogen and oxygen atoms in total. The summed E-state index contributed by atoms with van der Waals surface area (Å²) in [5.41, 5.74) is 5.37. The number of rotatable bonds is 12. The van der Waals surface area contributed by atoms with Crippen LogP contribution in [-0.4, -0.2) is 83.3 Å². The first kappa shape index (κ1) is 32.7. The van der Waals surface area contributed by atoms with Crippen molar-refractivity contribution in [1.29, 1.82) is 0 Å². The molecule has 2 saturated heterocycles. The smallest absolute Gasteiger partial charge is 0.289 e. The molecule has 3 fully saturated rings. The molecule has 5 amide bonds. The molecule has 2 heterocycles. The molecule has 1 saturated carbocycles. The van der Waals surface area contributed by atoms with Gasteiger partial charge in [0.25, 0.3) is 11.8 Å². The van der Waals surface area contributed by atoms with E-state index in [1.807, 2.05) is 0 Å². The monoisotopic (exact) mass is 588 g/mol. The average Bonchev–Trinajstić information content (AvgIpc) is 3.61. The summed E-state index contributed by atoms with van der Waals surface area (Å²) in [7, 11) is 0. The number of hydrogen-bond acceptors (Lipinski definition) is 8. The standard InChI is InChI=1S/C29H44N6O7/c1-16(2)23(34-26(39)20(30)14-17(3)36)29(42)35-13-7-6-10-22(35)27(40)33-21(15-18-11-12-31-25(18)38)24(37)28(41)32-19-8-4-5-9-19/h14,16,18-19,21-23H,4-13,15,30H2,1-3H3,(H,31,38)(H,32,41)(H,33,40)(H,34,39)/b20-14-. The highest BCUT2D eigenvalue weighted by Gasteiger charge is 2.40. The van der Waals surface area contributed by atoms with Crippen molar-refractivity contribution < 1.29 is 33.6 Å². The van der Waals surface area contributed by atoms with Gasteiger partial charge in [-0.05, 0) is 57.8 Å². The maximum Gasteiger partial charge on any atom is 0.289 e. The van der Waals surface area contributed by atoms with Crippen LogP contribution in [0.25, 0.3) is 0 Å². The molecule has 1 aliphatic carbocycles. The molecule has 13 heteroatoms. The third-order valence-electron chi connectivity index (χ3n) is 8.16. The van der Waals surface area contributed by atoms with Crippen LogP contribution in [0.2, 0.25) is 0 Å². The van der Waals surface area contributed by atoms with Crippen molar-refractivity contribution in [3.63, 3.8) is 0 Å². The zero-order valence-corrected chi connectivity index (χ0v) is 24.7. The van der Waals surface area contributed by atoms with Gasteiger partial charge >= 0.3 is 0 Å². The van der Waals surface area contributed by atoms with Gasteiger partial charge in [-0.3, -0.25) is 33.6 Å². The van der Waals surface area contributed by atoms with E-state index in [2.05, 4.69) is 21.3 Å². The third-order valence-corrected chi connectivity index (χ3v) is 8.16. The fraction of sp³-hybridized carbons (Fsp3) is 0.690. The van der Waals surface area contributed by atoms with Gasteiger partial charge in [-0.25, -0.2) is 0 Å². The number of carbonyl (C=O) groups excluding carboxylic acids is 7. The van der Waals surface area contributed by atoms with Crippen molar-refractivity contribution in [2.45, 2.75) is 103 Å². The van der Waals surface area contributed by atoms with Crippen LogP contribution < -0.4 is 27.0 Å². The number of piperidine rings is 1. The summed E-state index contributed by atoms with van der Waals surface area (Å²) in [6, 6.07) is -3.30. The number of ketones is 2. The van der Waals surface area contributed by atoms with Gasteiger partial charge in [0.15, 0.2) is 5.78 Å². The maximum absolute atomic E-state index is 13.7. The molecule has 3 aliphatic rings. The van der Waals surface area contributed by atoms with Crippen LogP contribution in [0.15, 0.2) is 11.8 Å². The van der Waals surface area contributed by atoms with Crippen molar-refractivity contribution in [2.24, 2.45) is 17.6 Å². The van der Waals surface area contributed by atoms with Crippen LogP contribution >= 0.6 is 0 Å². The molecule has 3 rings (SSSR count). The molecule has 0 radical (unpaired) electrons. The number of hydrogen-bond donors (Lipinski definition) is 5. The molecule has 0 spiro atoms. The molecule has 0 aromatic rings. The van der Waals surface area contributed by atoms with Gasteiger partial charge in [0.05, 0.1) is 6.04 Å². The lowest BCUT2D eigenvalue weighted by atomic mass is 9.93. The van der Waals surface area contributed by atoms with Gasteiger partial charge in [-0.15, -0.1) is 0 Å². The van der Waals surface area contributed by atoms with Crippen LogP contribution in [0.3, 0.4) is 0 Å². The van der Waals surface area contributed by atoms with E-state index in [0.29, 0.717) is 32.2 Å². The summed E-state index contributed by atoms with van der Waals surface area (Å²) in [6.45, 7) is 5.42. The number of nitrogens with two attached hydrogens (primary N) is 1. The third kappa shape index (κ3) is 8.62. The van der Waals surface area contributed by atoms with E-state index < -0.39 is 59.2 Å². The summed E-state index contributed by atoms with van der Waals surface area (Å²) >= 11 is 0. The minimum Gasteiger partial charge on any atom is -0.394 e. The molecular weight excluding hydrogens is 544 g/mol. The zero-order valence-electron chi connectivity index (χ0n) is 24.7. The lowest BCUT2D eigenvalue weighted by Crippen LogP contribution is -2.60. The van der Waals surface area contributed by atoms with Gasteiger partial charge in [0, 0.05) is 31.1 Å². The van der Waals surface area contributed by atoms with Gasteiger partial charge in [-0.2, -0.15) is 0 Å². The number of nitrogens with one attached hydrogen (secondary N) is 4. The first-order chi connectivity index (χ1) is 19.9. The molecule has 4 unspecified atom stereocenters. The molecule has 4 atom stereocenters. The maximum atomic E-state index is 13.7. The van der Waals surface area contributed by atoms with Crippen molar-refractivity contribution in [3.05, 3.63) is 11.8 Å². The van der Waals surface area contributed by atoms with Gasteiger partial charge in [0.2, 0.25) is 23.5 Å². The largest absolute Gasteiger partial charge is 0.394 e. The van der Waals surface area contributed by atoms with Crippen molar-refractivity contribution in [1.82, 2.24) is 26.2 Å². The molecule has 0 aromatic carbocycles. The quantitative estimate of drug-likeness (QED) is 0.150. The molecule has 2 aliphatic heterocycles. The predicted molar refractivity (Wildman–Crippen MR) is 152 cm³/mol. The first-order valence-electron chi connectivity index (χ1n) is 14.9. The summed E-state index contributed by atoms with van der Waals surface area (Å²) < 4.78 is 0. The summed E-state index contributed by atoms with van der Waals surface area (Å²) in [4.78, 5) is 91.1. The fourth-order valence-corrected chi connectivity index (χ4v) is 5.81. The van der Waals surface area contributed by atoms with Crippen molar-refractivity contribution >= 4 is 41.1 Å². The Morgan fingerprint density at radius 3 is 2.24 bits per heavy atom. The number of amides is 5. The second-order valence-corrected chi connectivity index (χ2v) is 11.8. The van der Waals surface area contributed by atoms with E-state index in [4.69, 9.17) is 5.73 Å². The highest BCUT2D eigenvalue weighted by molar-refractivity contribution is 6.38. The van der Waals surface area contributed by atoms with E-state index >= 15 is 0 Å². The average molecular weight is 589 g/mol. The Hall–Kier alpha value is -3.77. The Bertz CT molecular complexity index is 1110. The molecular formula is C29H44N6O7. The van der Waals surface area contributed by atoms with Gasteiger partial charge in [-0.1, -0.05) is 26.7 Å². The number of allylic oxidation sites excluding steroid dienone is 1. The Balaban J connectivity index is 1.77. The highest BCUT2D eigenvalue weighted by Crippen LogP contribution is 2.23. The SMILES string of the molecule is CC(=O)/C=C(\N)C(=O)NC(C(=O)N1CCCCC1C(=O)NC(CC1CCNC1=O)C(=O)C(=O)NC1CCCC1)C(C)C. The van der Waals surface area contributed by atoms with Crippen LogP contribution in [-0.2, 0) is 33.6 Å². The summed E-state index contributed by atoms with van der Waals surface area (Å²) in [5.74, 6) is -5.03. The van der Waals surface area contributed by atoms with Crippen LogP contribution in [0, 0.1) is 11.8 Å². The molecule has 232 valence electrons. The van der Waals surface area contributed by atoms with Gasteiger partial charge in [0.1, 0.15) is 17.8 Å². The predicted octanol–water partition coefficient (Wildman–Crippen LogP) is -0.421. The molecule has 6 N–H and O–H groups in total. The summed E-state index contributed by atoms with van der Waals surface area (Å²) in [6.07, 6.45) is 6.52. The van der Waals surface area contributed by atoms with E-state index in [9.17, 15) is 33.6 Å². The summed E-state index contributed by atoms with van der Waals surface area (Å²) in [5, 5.41) is 10.8. The first-order valence-corrected chi connectivity index (χ1v) is 14.9. The van der Waals surface area contributed by atoms with Crippen molar-refractivity contribution in [2.75, 3.05) is 13.1 Å². The molecule has 0 bridgehead atoms. The Morgan fingerprint density at radius 2 is 1.64 bits per heavy atom. The lowest BCUT2D eigenvalue weighted by Gasteiger charge is -2.38. The van der Waals surface area contributed by atoms with E-state index in [0.717, 1.165) is 31.8 Å². The Labute approximate surface area is 246 Å². The molecule has 0 aromatic heterocycles. The van der Waals surface area contributed by atoms with Crippen LogP contribution in [0.4, 0.5) is 0 Å². The number of nitrogens with zero attached hydrogens (tertiary/aromatic N) is 1. The van der Waals surface area contributed by atoms with Crippen LogP contribution in [0.1, 0.15) is 78.6 Å². The minimum absolute atomic E-state index is 0.0262. The molecule has 42 heavy (non-hydrogen) atoms. The number of Topliss-reactive ketones (excluding diaryl/α,β-unsaturated/α-hetero) is 1. The second-order valence-electron chi connectivity index (χ2n) is 11.8. The number of carbonyl (C=O) groups is 7. The zero-order chi connectivity index (χ0) is 31.0. The van der Waals surface area contributed by atoms with E-state index in [-0.39, 0.29) is 36.5 Å². The Morgan fingerprint density at radius 1 is 0.976 bits per heavy atom. The fourth-order valence-electron chi connectivity index (χ4n) is 5.81.